The third-order valence-electron chi connectivity index (χ3n) is 7.63. The molecular weight excluding hydrogens is 561 g/mol. The van der Waals surface area contributed by atoms with Crippen molar-refractivity contribution in [3.63, 3.8) is 0 Å². The Hall–Kier alpha value is -2.92. The average molecular weight is 589 g/mol. The zero-order chi connectivity index (χ0) is 29.4. The minimum absolute atomic E-state index is 0.0637. The molecule has 0 aliphatic heterocycles. The van der Waals surface area contributed by atoms with Crippen molar-refractivity contribution in [2.75, 3.05) is 0 Å². The van der Waals surface area contributed by atoms with Crippen molar-refractivity contribution in [2.45, 2.75) is 66.8 Å². The van der Waals surface area contributed by atoms with Crippen LogP contribution < -0.4 is 0 Å². The van der Waals surface area contributed by atoms with Crippen molar-refractivity contribution >= 4 is 9.84 Å². The highest BCUT2D eigenvalue weighted by molar-refractivity contribution is 7.92. The van der Waals surface area contributed by atoms with E-state index in [4.69, 9.17) is 4.74 Å². The van der Waals surface area contributed by atoms with E-state index in [1.54, 1.807) is 6.07 Å². The maximum Gasteiger partial charge on any atom is 0.430 e. The van der Waals surface area contributed by atoms with Gasteiger partial charge in [-0.3, -0.25) is 0 Å². The molecule has 4 rings (SSSR count). The van der Waals surface area contributed by atoms with Gasteiger partial charge in [0.1, 0.15) is 10.6 Å². The number of halogens is 7. The highest BCUT2D eigenvalue weighted by Gasteiger charge is 2.73. The first-order valence-electron chi connectivity index (χ1n) is 12.6. The van der Waals surface area contributed by atoms with Crippen LogP contribution in [0.1, 0.15) is 49.3 Å². The first kappa shape index (κ1) is 30.0. The van der Waals surface area contributed by atoms with Crippen LogP contribution in [-0.4, -0.2) is 20.8 Å². The summed E-state index contributed by atoms with van der Waals surface area (Å²) in [6.45, 7) is 0.963. The minimum atomic E-state index is -5.89. The number of ether oxygens (including phenoxy) is 1. The lowest BCUT2D eigenvalue weighted by molar-refractivity contribution is -0.392. The first-order valence-corrected chi connectivity index (χ1v) is 14.0. The summed E-state index contributed by atoms with van der Waals surface area (Å²) in [6, 6.07) is 14.6. The van der Waals surface area contributed by atoms with E-state index in [9.17, 15) is 39.2 Å². The number of hydrogen-bond acceptors (Lipinski definition) is 3. The third kappa shape index (κ3) is 5.25. The Labute approximate surface area is 227 Å². The zero-order valence-electron chi connectivity index (χ0n) is 21.4. The molecular formula is C29H27F7O3S. The monoisotopic (exact) mass is 588 g/mol. The Balaban J connectivity index is 1.82. The van der Waals surface area contributed by atoms with Gasteiger partial charge in [0.25, 0.3) is 5.60 Å². The van der Waals surface area contributed by atoms with Gasteiger partial charge in [-0.1, -0.05) is 61.5 Å². The van der Waals surface area contributed by atoms with Crippen LogP contribution in [0.25, 0.3) is 0 Å². The fraction of sp³-hybridized carbons (Fsp3) is 0.379. The molecule has 1 aliphatic rings. The van der Waals surface area contributed by atoms with Crippen LogP contribution in [0.15, 0.2) is 83.8 Å². The van der Waals surface area contributed by atoms with Crippen molar-refractivity contribution in [2.24, 2.45) is 5.92 Å². The van der Waals surface area contributed by atoms with E-state index in [2.05, 4.69) is 0 Å². The van der Waals surface area contributed by atoms with E-state index in [0.29, 0.717) is 25.0 Å². The molecule has 0 bridgehead atoms. The summed E-state index contributed by atoms with van der Waals surface area (Å²) in [5.74, 6) is -0.480. The van der Waals surface area contributed by atoms with E-state index < -0.39 is 50.5 Å². The maximum atomic E-state index is 14.3. The number of hydrogen-bond donors (Lipinski definition) is 0. The van der Waals surface area contributed by atoms with Crippen molar-refractivity contribution in [3.8, 4) is 0 Å². The Bertz CT molecular complexity index is 1380. The molecule has 0 atom stereocenters. The van der Waals surface area contributed by atoms with Crippen LogP contribution in [-0.2, 0) is 31.5 Å². The standard InChI is InChI=1S/C29H27F7O3S/c1-20-15-17-26(18-16-20,40(37,38)25-13-11-24(30)12-14-25)22-7-9-23(10-8-22)27(28(31,32)33,29(34,35)36)39-19-21-5-3-2-4-6-21/h2-14,20H,15-19H2,1H3. The maximum absolute atomic E-state index is 14.3. The predicted octanol–water partition coefficient (Wildman–Crippen LogP) is 8.24. The van der Waals surface area contributed by atoms with E-state index in [1.165, 1.54) is 24.3 Å². The van der Waals surface area contributed by atoms with Crippen molar-refractivity contribution in [1.82, 2.24) is 0 Å². The molecule has 3 nitrogen and oxygen atoms in total. The molecule has 1 fully saturated rings. The largest absolute Gasteiger partial charge is 0.430 e. The van der Waals surface area contributed by atoms with Gasteiger partial charge in [-0.15, -0.1) is 0 Å². The lowest BCUT2D eigenvalue weighted by atomic mass is 9.78. The van der Waals surface area contributed by atoms with Gasteiger partial charge in [0.15, 0.2) is 9.84 Å². The summed E-state index contributed by atoms with van der Waals surface area (Å²) in [7, 11) is -4.21. The number of sulfone groups is 1. The van der Waals surface area contributed by atoms with Gasteiger partial charge in [0, 0.05) is 5.56 Å². The molecule has 0 N–H and O–H groups in total. The molecule has 1 saturated carbocycles. The smallest absolute Gasteiger partial charge is 0.349 e. The van der Waals surface area contributed by atoms with Crippen molar-refractivity contribution in [1.29, 1.82) is 0 Å². The van der Waals surface area contributed by atoms with Gasteiger partial charge >= 0.3 is 12.4 Å². The molecule has 0 aromatic heterocycles. The lowest BCUT2D eigenvalue weighted by Gasteiger charge is -2.40. The summed E-state index contributed by atoms with van der Waals surface area (Å²) < 4.78 is 130. The lowest BCUT2D eigenvalue weighted by Crippen LogP contribution is -2.55. The van der Waals surface area contributed by atoms with Gasteiger partial charge in [0.2, 0.25) is 0 Å². The zero-order valence-corrected chi connectivity index (χ0v) is 22.2. The van der Waals surface area contributed by atoms with Crippen molar-refractivity contribution in [3.05, 3.63) is 101 Å². The Morgan fingerprint density at radius 1 is 0.800 bits per heavy atom. The topological polar surface area (TPSA) is 43.4 Å². The molecule has 0 saturated heterocycles. The minimum Gasteiger partial charge on any atom is -0.349 e. The summed E-state index contributed by atoms with van der Waals surface area (Å²) in [6.07, 6.45) is -10.6. The summed E-state index contributed by atoms with van der Waals surface area (Å²) in [5.41, 5.74) is -5.70. The molecule has 0 amide bonds. The second kappa shape index (κ2) is 10.8. The Morgan fingerprint density at radius 2 is 1.32 bits per heavy atom. The summed E-state index contributed by atoms with van der Waals surface area (Å²) in [5, 5.41) is 0. The van der Waals surface area contributed by atoms with Gasteiger partial charge in [0.05, 0.1) is 11.5 Å². The number of benzene rings is 3. The Kier molecular flexibility index (Phi) is 8.12. The summed E-state index contributed by atoms with van der Waals surface area (Å²) >= 11 is 0. The van der Waals surface area contributed by atoms with E-state index in [-0.39, 0.29) is 34.8 Å². The first-order chi connectivity index (χ1) is 18.6. The SMILES string of the molecule is CC1CCC(c2ccc(C(OCc3ccccc3)(C(F)(F)F)C(F)(F)F)cc2)(S(=O)(=O)c2ccc(F)cc2)CC1. The highest BCUT2D eigenvalue weighted by atomic mass is 32.2. The van der Waals surface area contributed by atoms with Crippen molar-refractivity contribution < 1.29 is 43.9 Å². The second-order valence-electron chi connectivity index (χ2n) is 10.2. The quantitative estimate of drug-likeness (QED) is 0.206. The second-order valence-corrected chi connectivity index (χ2v) is 12.4. The molecule has 3 aromatic rings. The molecule has 40 heavy (non-hydrogen) atoms. The normalized spacial score (nSPS) is 20.9. The molecule has 0 spiro atoms. The van der Waals surface area contributed by atoms with E-state index in [1.807, 2.05) is 6.92 Å². The fourth-order valence-electron chi connectivity index (χ4n) is 5.29. The molecule has 0 heterocycles. The predicted molar refractivity (Wildman–Crippen MR) is 134 cm³/mol. The third-order valence-corrected chi connectivity index (χ3v) is 10.2. The number of rotatable bonds is 7. The Morgan fingerprint density at radius 3 is 1.82 bits per heavy atom. The van der Waals surface area contributed by atoms with Crippen LogP contribution >= 0.6 is 0 Å². The van der Waals surface area contributed by atoms with Gasteiger partial charge in [-0.25, -0.2) is 12.8 Å². The summed E-state index contributed by atoms with van der Waals surface area (Å²) in [4.78, 5) is -0.182. The van der Waals surface area contributed by atoms with Crippen LogP contribution in [0, 0.1) is 11.7 Å². The average Bonchev–Trinajstić information content (AvgIpc) is 2.89. The van der Waals surface area contributed by atoms with Gasteiger partial charge in [-0.05, 0) is 67.0 Å². The molecule has 0 unspecified atom stereocenters. The molecule has 216 valence electrons. The molecule has 11 heteroatoms. The number of alkyl halides is 6. The fourth-order valence-corrected chi connectivity index (χ4v) is 7.46. The van der Waals surface area contributed by atoms with Gasteiger partial charge < -0.3 is 4.74 Å². The van der Waals surface area contributed by atoms with E-state index in [0.717, 1.165) is 36.4 Å². The van der Waals surface area contributed by atoms with Crippen LogP contribution in [0.4, 0.5) is 30.7 Å². The molecule has 3 aromatic carbocycles. The highest BCUT2D eigenvalue weighted by Crippen LogP contribution is 2.54. The molecule has 1 aliphatic carbocycles. The van der Waals surface area contributed by atoms with Crippen LogP contribution in [0.2, 0.25) is 0 Å². The molecule has 0 radical (unpaired) electrons. The van der Waals surface area contributed by atoms with Crippen LogP contribution in [0.3, 0.4) is 0 Å². The van der Waals surface area contributed by atoms with Gasteiger partial charge in [-0.2, -0.15) is 26.3 Å². The van der Waals surface area contributed by atoms with Crippen LogP contribution in [0.5, 0.6) is 0 Å². The van der Waals surface area contributed by atoms with E-state index >= 15 is 0 Å².